The van der Waals surface area contributed by atoms with E-state index in [0.717, 1.165) is 28.4 Å². The first-order valence-electron chi connectivity index (χ1n) is 10.4. The van der Waals surface area contributed by atoms with E-state index in [4.69, 9.17) is 16.0 Å². The highest BCUT2D eigenvalue weighted by molar-refractivity contribution is 6.11. The molecule has 3 aromatic rings. The number of nitrogens with one attached hydrogen (secondary N) is 1. The fourth-order valence-corrected chi connectivity index (χ4v) is 3.26. The molecule has 0 bridgehead atoms. The van der Waals surface area contributed by atoms with E-state index in [9.17, 15) is 0 Å². The third-order valence-corrected chi connectivity index (χ3v) is 4.84. The van der Waals surface area contributed by atoms with Crippen molar-refractivity contribution < 1.29 is 4.74 Å². The van der Waals surface area contributed by atoms with Gasteiger partial charge in [-0.15, -0.1) is 18.3 Å². The van der Waals surface area contributed by atoms with Crippen molar-refractivity contribution in [2.75, 3.05) is 7.11 Å². The van der Waals surface area contributed by atoms with Crippen molar-refractivity contribution in [3.05, 3.63) is 85.0 Å². The molecule has 0 aliphatic heterocycles. The molecule has 0 spiro atoms. The topological polar surface area (TPSA) is 88.8 Å². The molecule has 0 aliphatic rings. The van der Waals surface area contributed by atoms with Crippen LogP contribution in [0.15, 0.2) is 89.8 Å². The fraction of sp³-hybridized carbons (Fsp3) is 0.269. The summed E-state index contributed by atoms with van der Waals surface area (Å²) >= 11 is 0. The van der Waals surface area contributed by atoms with Crippen LogP contribution < -0.4 is 5.84 Å². The molecular weight excluding hydrogens is 398 g/mol. The molecule has 0 amide bonds. The van der Waals surface area contributed by atoms with Gasteiger partial charge in [0.1, 0.15) is 0 Å². The van der Waals surface area contributed by atoms with Crippen LogP contribution in [-0.2, 0) is 11.3 Å². The van der Waals surface area contributed by atoms with Crippen molar-refractivity contribution in [1.29, 1.82) is 5.41 Å². The maximum absolute atomic E-state index is 7.96. The summed E-state index contributed by atoms with van der Waals surface area (Å²) in [4.78, 5) is 0. The molecule has 1 aromatic heterocycles. The number of ether oxygens (including phenoxy) is 1. The van der Waals surface area contributed by atoms with E-state index in [2.05, 4.69) is 53.2 Å². The Morgan fingerprint density at radius 1 is 1.12 bits per heavy atom. The Morgan fingerprint density at radius 3 is 2.34 bits per heavy atom. The smallest absolute Gasteiger partial charge is 0.176 e. The lowest BCUT2D eigenvalue weighted by molar-refractivity contribution is 0.155. The summed E-state index contributed by atoms with van der Waals surface area (Å²) in [5.74, 6) is 5.13. The van der Waals surface area contributed by atoms with E-state index >= 15 is 0 Å². The second-order valence-corrected chi connectivity index (χ2v) is 7.02. The number of rotatable bonds is 5. The zero-order valence-electron chi connectivity index (χ0n) is 19.8. The summed E-state index contributed by atoms with van der Waals surface area (Å²) in [6, 6.07) is 14.2. The van der Waals surface area contributed by atoms with E-state index in [1.54, 1.807) is 7.11 Å². The van der Waals surface area contributed by atoms with Gasteiger partial charge >= 0.3 is 0 Å². The molecule has 6 nitrogen and oxygen atoms in total. The largest absolute Gasteiger partial charge is 0.378 e. The molecule has 32 heavy (non-hydrogen) atoms. The van der Waals surface area contributed by atoms with Crippen LogP contribution in [0.4, 0.5) is 0 Å². The van der Waals surface area contributed by atoms with Crippen molar-refractivity contribution >= 4 is 27.6 Å². The zero-order valence-corrected chi connectivity index (χ0v) is 19.8. The molecule has 0 aliphatic carbocycles. The summed E-state index contributed by atoms with van der Waals surface area (Å²) in [5, 5.41) is 17.0. The predicted molar refractivity (Wildman–Crippen MR) is 137 cm³/mol. The van der Waals surface area contributed by atoms with Gasteiger partial charge in [-0.3, -0.25) is 5.41 Å². The van der Waals surface area contributed by atoms with E-state index in [1.165, 1.54) is 5.57 Å². The van der Waals surface area contributed by atoms with Gasteiger partial charge in [0.15, 0.2) is 5.84 Å². The number of benzene rings is 2. The molecule has 1 heterocycles. The van der Waals surface area contributed by atoms with Gasteiger partial charge < -0.3 is 15.1 Å². The van der Waals surface area contributed by atoms with Crippen LogP contribution in [-0.4, -0.2) is 23.6 Å². The second-order valence-electron chi connectivity index (χ2n) is 7.02. The summed E-state index contributed by atoms with van der Waals surface area (Å²) in [6.45, 7) is 14.9. The molecule has 0 saturated carbocycles. The molecule has 6 heteroatoms. The first-order chi connectivity index (χ1) is 15.5. The second kappa shape index (κ2) is 13.7. The number of methoxy groups -OCH3 is 1. The average molecular weight is 434 g/mol. The highest BCUT2D eigenvalue weighted by Crippen LogP contribution is 2.30. The monoisotopic (exact) mass is 433 g/mol. The quantitative estimate of drug-likeness (QED) is 0.116. The van der Waals surface area contributed by atoms with Gasteiger partial charge in [-0.25, -0.2) is 0 Å². The molecule has 0 radical (unpaired) electrons. The van der Waals surface area contributed by atoms with Crippen molar-refractivity contribution in [2.45, 2.75) is 40.3 Å². The van der Waals surface area contributed by atoms with Crippen LogP contribution in [0.25, 0.3) is 21.8 Å². The maximum Gasteiger partial charge on any atom is 0.176 e. The highest BCUT2D eigenvalue weighted by atomic mass is 16.5. The number of allylic oxidation sites excluding steroid dienone is 3. The number of fused-ring (bicyclic) bond motifs is 3. The van der Waals surface area contributed by atoms with Crippen molar-refractivity contribution in [3.63, 3.8) is 0 Å². The minimum absolute atomic E-state index is 0.0521. The lowest BCUT2D eigenvalue weighted by Gasteiger charge is -2.10. The van der Waals surface area contributed by atoms with Gasteiger partial charge in [0, 0.05) is 41.0 Å². The van der Waals surface area contributed by atoms with Crippen LogP contribution in [0.5, 0.6) is 0 Å². The van der Waals surface area contributed by atoms with Gasteiger partial charge in [0.25, 0.3) is 0 Å². The molecular formula is C26H35N5O. The highest BCUT2D eigenvalue weighted by Gasteiger charge is 2.12. The Bertz CT molecular complexity index is 1100. The number of para-hydroxylation sites is 1. The molecule has 0 saturated heterocycles. The van der Waals surface area contributed by atoms with Crippen LogP contribution in [0.1, 0.15) is 33.3 Å². The van der Waals surface area contributed by atoms with E-state index in [0.29, 0.717) is 5.56 Å². The summed E-state index contributed by atoms with van der Waals surface area (Å²) in [5.41, 5.74) is 4.19. The van der Waals surface area contributed by atoms with Gasteiger partial charge in [0.2, 0.25) is 0 Å². The lowest BCUT2D eigenvalue weighted by Crippen LogP contribution is -2.05. The zero-order chi connectivity index (χ0) is 24.1. The van der Waals surface area contributed by atoms with Gasteiger partial charge in [-0.05, 0) is 52.0 Å². The van der Waals surface area contributed by atoms with Gasteiger partial charge in [-0.2, -0.15) is 0 Å². The Morgan fingerprint density at radius 2 is 1.75 bits per heavy atom. The van der Waals surface area contributed by atoms with Crippen molar-refractivity contribution in [2.24, 2.45) is 16.2 Å². The van der Waals surface area contributed by atoms with Gasteiger partial charge in [0.05, 0.1) is 6.10 Å². The number of aromatic nitrogens is 1. The first-order valence-corrected chi connectivity index (χ1v) is 10.4. The minimum Gasteiger partial charge on any atom is -0.378 e. The van der Waals surface area contributed by atoms with Crippen LogP contribution in [0.3, 0.4) is 0 Å². The van der Waals surface area contributed by atoms with E-state index in [-0.39, 0.29) is 11.9 Å². The number of nitrogens with zero attached hydrogens (tertiary/aromatic N) is 3. The third kappa shape index (κ3) is 6.75. The number of amidine groups is 1. The third-order valence-electron chi connectivity index (χ3n) is 4.84. The van der Waals surface area contributed by atoms with Crippen molar-refractivity contribution in [1.82, 2.24) is 4.57 Å². The van der Waals surface area contributed by atoms with Crippen LogP contribution in [0, 0.1) is 5.41 Å². The number of hydrogen-bond donors (Lipinski definition) is 2. The summed E-state index contributed by atoms with van der Waals surface area (Å²) in [6.07, 6.45) is 6.21. The summed E-state index contributed by atoms with van der Waals surface area (Å²) < 4.78 is 7.63. The Balaban J connectivity index is 0.000000769. The normalized spacial score (nSPS) is 12.5. The molecule has 0 fully saturated rings. The molecule has 3 rings (SSSR count). The molecule has 170 valence electrons. The average Bonchev–Trinajstić information content (AvgIpc) is 3.13. The molecule has 3 N–H and O–H groups in total. The molecule has 2 aromatic carbocycles. The maximum atomic E-state index is 7.96. The van der Waals surface area contributed by atoms with Crippen molar-refractivity contribution in [3.8, 4) is 0 Å². The van der Waals surface area contributed by atoms with E-state index < -0.39 is 0 Å². The molecule has 1 atom stereocenters. The van der Waals surface area contributed by atoms with E-state index in [1.807, 2.05) is 63.3 Å². The SMILES string of the molecule is C/C=C\C.C=C.COC(C)/C=C(\C)Cn1c2ccccc2c2cc(C(=N)N=NN)ccc21. The fourth-order valence-electron chi connectivity index (χ4n) is 3.26. The Kier molecular flexibility index (Phi) is 11.4. The minimum atomic E-state index is 0.0521. The Labute approximate surface area is 191 Å². The summed E-state index contributed by atoms with van der Waals surface area (Å²) in [7, 11) is 1.71. The Hall–Kier alpha value is -3.51. The number of nitrogens with two attached hydrogens (primary N) is 1. The van der Waals surface area contributed by atoms with Gasteiger partial charge in [-0.1, -0.05) is 47.2 Å². The first kappa shape index (κ1) is 26.5. The predicted octanol–water partition coefficient (Wildman–Crippen LogP) is 6.81. The molecule has 1 unspecified atom stereocenters. The van der Waals surface area contributed by atoms with Crippen LogP contribution >= 0.6 is 0 Å². The lowest BCUT2D eigenvalue weighted by atomic mass is 10.1. The van der Waals surface area contributed by atoms with Crippen LogP contribution in [0.2, 0.25) is 0 Å². The standard InChI is InChI=1S/C20H23N5O.C4H8.C2H4/c1-13(10-14(2)26-3)12-25-18-7-5-4-6-16(18)17-11-15(8-9-19(17)25)20(21)23-24-22;1-3-4-2;1-2/h4-11,14H,12H2,1-3H3,(H3,21,22,23);3-4H,1-2H3;1-2H2/b13-10+;4-3-;. The number of hydrogen-bond acceptors (Lipinski definition) is 3.